The Morgan fingerprint density at radius 2 is 0.362 bits per heavy atom. The maximum atomic E-state index is 7.47. The summed E-state index contributed by atoms with van der Waals surface area (Å²) in [5.41, 5.74) is 8.43. The number of rotatable bonds is 15. The summed E-state index contributed by atoms with van der Waals surface area (Å²) >= 11 is 0. The highest BCUT2D eigenvalue weighted by Crippen LogP contribution is 2.11. The predicted octanol–water partition coefficient (Wildman–Crippen LogP) is 6.01. The quantitative estimate of drug-likeness (QED) is 0.119. The van der Waals surface area contributed by atoms with Crippen molar-refractivity contribution < 1.29 is 16.5 Å². The summed E-state index contributed by atoms with van der Waals surface area (Å²) in [5, 5.41) is 7.83. The molecule has 4 nitrogen and oxygen atoms in total. The van der Waals surface area contributed by atoms with Gasteiger partial charge in [0.05, 0.1) is 0 Å². The molecule has 0 spiro atoms. The first-order valence-corrected chi connectivity index (χ1v) is 26.4. The SMILES string of the molecule is Cc1ccc([Si](O[Si](O[Si](c2ccc(C)cc2)c2ccc(C)cc2)c2ccc(C)cc2)O[Si](O[Si](c2ccc(C)cc2)c2ccc(C)cc2)c2ccc(C)cc2)cc1. The van der Waals surface area contributed by atoms with E-state index in [1.165, 1.54) is 59.7 Å². The molecule has 0 heterocycles. The fourth-order valence-electron chi connectivity index (χ4n) is 6.23. The molecule has 0 aliphatic heterocycles. The van der Waals surface area contributed by atoms with Gasteiger partial charge < -0.3 is 16.5 Å². The molecular formula is C49H49O4Si5. The average molecular weight is 842 g/mol. The summed E-state index contributed by atoms with van der Waals surface area (Å²) in [4.78, 5) is 0. The third-order valence-electron chi connectivity index (χ3n) is 9.88. The summed E-state index contributed by atoms with van der Waals surface area (Å²) in [6, 6.07) is 61.0. The van der Waals surface area contributed by atoms with Crippen molar-refractivity contribution in [2.45, 2.75) is 48.5 Å². The molecule has 0 saturated heterocycles. The lowest BCUT2D eigenvalue weighted by Gasteiger charge is -2.29. The summed E-state index contributed by atoms with van der Waals surface area (Å²) in [6.07, 6.45) is 0. The molecule has 5 radical (unpaired) electrons. The van der Waals surface area contributed by atoms with Gasteiger partial charge in [-0.2, -0.15) is 0 Å². The monoisotopic (exact) mass is 841 g/mol. The van der Waals surface area contributed by atoms with Gasteiger partial charge in [0.1, 0.15) is 0 Å². The van der Waals surface area contributed by atoms with Crippen LogP contribution in [0.1, 0.15) is 38.9 Å². The number of hydrogen-bond donors (Lipinski definition) is 0. The van der Waals surface area contributed by atoms with Gasteiger partial charge in [0, 0.05) is 0 Å². The number of benzene rings is 7. The molecule has 7 rings (SSSR count). The Labute approximate surface area is 354 Å². The Balaban J connectivity index is 1.32. The average Bonchev–Trinajstić information content (AvgIpc) is 3.23. The van der Waals surface area contributed by atoms with E-state index in [2.05, 4.69) is 218 Å². The van der Waals surface area contributed by atoms with Crippen LogP contribution in [0.25, 0.3) is 0 Å². The predicted molar refractivity (Wildman–Crippen MR) is 249 cm³/mol. The summed E-state index contributed by atoms with van der Waals surface area (Å²) in [5.74, 6) is 0. The molecule has 0 N–H and O–H groups in total. The van der Waals surface area contributed by atoms with Gasteiger partial charge in [-0.05, 0) is 84.8 Å². The van der Waals surface area contributed by atoms with Crippen LogP contribution < -0.4 is 36.3 Å². The lowest BCUT2D eigenvalue weighted by Crippen LogP contribution is -2.59. The van der Waals surface area contributed by atoms with Gasteiger partial charge in [-0.3, -0.25) is 0 Å². The second kappa shape index (κ2) is 19.5. The molecule has 0 aliphatic carbocycles. The molecule has 7 aromatic rings. The Morgan fingerprint density at radius 3 is 0.552 bits per heavy atom. The van der Waals surface area contributed by atoms with E-state index in [0.29, 0.717) is 0 Å². The summed E-state index contributed by atoms with van der Waals surface area (Å²) in [7, 11) is -9.99. The molecule has 0 saturated carbocycles. The first-order chi connectivity index (χ1) is 28.1. The van der Waals surface area contributed by atoms with E-state index in [9.17, 15) is 0 Å². The molecule has 7 aromatic carbocycles. The van der Waals surface area contributed by atoms with E-state index in [-0.39, 0.29) is 0 Å². The highest BCUT2D eigenvalue weighted by atomic mass is 28.4. The van der Waals surface area contributed by atoms with Gasteiger partial charge >= 0.3 is 27.9 Å². The first-order valence-electron chi connectivity index (χ1n) is 19.6. The summed E-state index contributed by atoms with van der Waals surface area (Å²) in [6.45, 7) is 14.9. The van der Waals surface area contributed by atoms with Crippen LogP contribution in [0, 0.1) is 48.5 Å². The highest BCUT2D eigenvalue weighted by molar-refractivity contribution is 6.90. The van der Waals surface area contributed by atoms with Crippen molar-refractivity contribution in [1.82, 2.24) is 0 Å². The van der Waals surface area contributed by atoms with Gasteiger partial charge in [-0.25, -0.2) is 0 Å². The molecule has 0 atom stereocenters. The van der Waals surface area contributed by atoms with Crippen molar-refractivity contribution in [2.24, 2.45) is 0 Å². The molecule has 0 unspecified atom stereocenters. The number of hydrogen-bond acceptors (Lipinski definition) is 4. The van der Waals surface area contributed by atoms with Gasteiger partial charge in [0.2, 0.25) is 0 Å². The summed E-state index contributed by atoms with van der Waals surface area (Å²) < 4.78 is 29.8. The molecule has 0 bridgehead atoms. The zero-order valence-corrected chi connectivity index (χ0v) is 39.3. The fourth-order valence-corrected chi connectivity index (χ4v) is 19.3. The lowest BCUT2D eigenvalue weighted by molar-refractivity contribution is 0.370. The van der Waals surface area contributed by atoms with Crippen LogP contribution in [-0.2, 0) is 16.5 Å². The van der Waals surface area contributed by atoms with Crippen LogP contribution in [0.3, 0.4) is 0 Å². The van der Waals surface area contributed by atoms with Crippen molar-refractivity contribution in [3.05, 3.63) is 209 Å². The minimum atomic E-state index is -2.22. The molecule has 0 aromatic heterocycles. The Morgan fingerprint density at radius 1 is 0.207 bits per heavy atom. The molecule has 289 valence electrons. The zero-order chi connectivity index (χ0) is 40.6. The molecule has 0 fully saturated rings. The highest BCUT2D eigenvalue weighted by Gasteiger charge is 2.38. The minimum Gasteiger partial charge on any atom is -0.424 e. The fraction of sp³-hybridized carbons (Fsp3) is 0.143. The third-order valence-corrected chi connectivity index (χ3v) is 21.8. The maximum absolute atomic E-state index is 7.47. The van der Waals surface area contributed by atoms with Crippen LogP contribution in [0.15, 0.2) is 170 Å². The topological polar surface area (TPSA) is 36.9 Å². The Kier molecular flexibility index (Phi) is 14.0. The van der Waals surface area contributed by atoms with Crippen LogP contribution in [-0.4, -0.2) is 45.9 Å². The molecule has 58 heavy (non-hydrogen) atoms. The second-order valence-corrected chi connectivity index (χ2v) is 25.3. The first kappa shape index (κ1) is 41.6. The van der Waals surface area contributed by atoms with Crippen LogP contribution in [0.4, 0.5) is 0 Å². The van der Waals surface area contributed by atoms with Gasteiger partial charge in [-0.15, -0.1) is 0 Å². The van der Waals surface area contributed by atoms with E-state index in [0.717, 1.165) is 15.6 Å². The standard InChI is InChI=1S/C49H49O4Si5/c1-36-8-22-43(23-9-36)54(44-24-10-37(2)11-25-44)50-56(47-30-16-40(5)17-31-47)52-58(49-34-20-42(7)21-35-49)53-57(48-32-18-41(6)19-33-48)51-55(45-26-12-38(3)13-27-45)46-28-14-39(4)15-29-46/h8-35H,1-7H3. The smallest absolute Gasteiger partial charge is 0.405 e. The van der Waals surface area contributed by atoms with Gasteiger partial charge in [0.25, 0.3) is 18.1 Å². The Bertz CT molecular complexity index is 2110. The van der Waals surface area contributed by atoms with Crippen molar-refractivity contribution in [2.75, 3.05) is 0 Å². The third kappa shape index (κ3) is 10.9. The lowest BCUT2D eigenvalue weighted by atomic mass is 10.2. The molecular weight excluding hydrogens is 793 g/mol. The van der Waals surface area contributed by atoms with E-state index >= 15 is 0 Å². The van der Waals surface area contributed by atoms with E-state index < -0.39 is 45.9 Å². The molecule has 0 aliphatic rings. The molecule has 9 heteroatoms. The van der Waals surface area contributed by atoms with Crippen LogP contribution >= 0.6 is 0 Å². The largest absolute Gasteiger partial charge is 0.424 e. The van der Waals surface area contributed by atoms with E-state index in [4.69, 9.17) is 16.5 Å². The van der Waals surface area contributed by atoms with Gasteiger partial charge in [-0.1, -0.05) is 209 Å². The van der Waals surface area contributed by atoms with E-state index in [1.807, 2.05) is 0 Å². The molecule has 0 amide bonds. The van der Waals surface area contributed by atoms with Crippen LogP contribution in [0.5, 0.6) is 0 Å². The van der Waals surface area contributed by atoms with Crippen molar-refractivity contribution >= 4 is 82.2 Å². The second-order valence-electron chi connectivity index (χ2n) is 15.0. The Hall–Kier alpha value is -4.54. The maximum Gasteiger partial charge on any atom is 0.405 e. The van der Waals surface area contributed by atoms with Crippen molar-refractivity contribution in [3.8, 4) is 0 Å². The van der Waals surface area contributed by atoms with Gasteiger partial charge in [0.15, 0.2) is 0 Å². The van der Waals surface area contributed by atoms with Crippen LogP contribution in [0.2, 0.25) is 0 Å². The zero-order valence-electron chi connectivity index (χ0n) is 34.3. The van der Waals surface area contributed by atoms with Crippen molar-refractivity contribution in [1.29, 1.82) is 0 Å². The number of aryl methyl sites for hydroxylation is 7. The minimum absolute atomic E-state index is 1.02. The van der Waals surface area contributed by atoms with E-state index in [1.54, 1.807) is 0 Å². The normalized spacial score (nSPS) is 11.7. The van der Waals surface area contributed by atoms with Crippen molar-refractivity contribution in [3.63, 3.8) is 0 Å².